The summed E-state index contributed by atoms with van der Waals surface area (Å²) >= 11 is 0. The van der Waals surface area contributed by atoms with E-state index in [0.29, 0.717) is 27.6 Å². The number of rotatable bonds is 3. The number of fused-ring (bicyclic) bond motifs is 7. The topological polar surface area (TPSA) is 46.5 Å². The number of esters is 1. The highest BCUT2D eigenvalue weighted by atomic mass is 16.5. The Morgan fingerprint density at radius 3 is 2.03 bits per heavy atom. The summed E-state index contributed by atoms with van der Waals surface area (Å²) in [6, 6.07) is 0. The summed E-state index contributed by atoms with van der Waals surface area (Å²) in [5.74, 6) is 2.94. The lowest BCUT2D eigenvalue weighted by molar-refractivity contribution is -0.243. The standard InChI is InChI=1S/C32H54O3/c1-21(33)35-20-32(8,34)23-12-17-28(4)22(23)13-18-30(6)25(28)10-11-26-29(5)16-9-15-27(2,3)24(29)14-19-31(26,30)7/h22-26,34H,9-20H2,1-8H3/t22-,23-,24?,25+,26+,28-,29-,30+,31+,32-/m0/s1. The minimum atomic E-state index is -0.928. The van der Waals surface area contributed by atoms with Crippen LogP contribution in [0.4, 0.5) is 0 Å². The third kappa shape index (κ3) is 3.48. The molecule has 0 bridgehead atoms. The van der Waals surface area contributed by atoms with Crippen molar-refractivity contribution in [2.24, 2.45) is 56.7 Å². The third-order valence-corrected chi connectivity index (χ3v) is 14.1. The summed E-state index contributed by atoms with van der Waals surface area (Å²) in [6.45, 7) is 19.4. The Hall–Kier alpha value is -0.570. The SMILES string of the molecule is CC(=O)OC[C@](C)(O)[C@H]1CC[C@]2(C)[C@H]3CC[C@@H]4[C@@]5(C)CCCC(C)(C)C5CC[C@@]4(C)[C@]3(C)CC[C@@H]12. The van der Waals surface area contributed by atoms with Gasteiger partial charge in [0.25, 0.3) is 0 Å². The quantitative estimate of drug-likeness (QED) is 0.414. The smallest absolute Gasteiger partial charge is 0.302 e. The Morgan fingerprint density at radius 2 is 1.40 bits per heavy atom. The summed E-state index contributed by atoms with van der Waals surface area (Å²) in [6.07, 6.45) is 14.6. The first-order valence-corrected chi connectivity index (χ1v) is 15.0. The van der Waals surface area contributed by atoms with E-state index < -0.39 is 5.60 Å². The number of ether oxygens (including phenoxy) is 1. The first-order chi connectivity index (χ1) is 16.1. The first kappa shape index (κ1) is 26.1. The van der Waals surface area contributed by atoms with Crippen molar-refractivity contribution in [3.8, 4) is 0 Å². The van der Waals surface area contributed by atoms with E-state index in [4.69, 9.17) is 4.74 Å². The van der Waals surface area contributed by atoms with E-state index in [2.05, 4.69) is 41.5 Å². The van der Waals surface area contributed by atoms with Crippen LogP contribution in [0.1, 0.15) is 126 Å². The van der Waals surface area contributed by atoms with Gasteiger partial charge in [0, 0.05) is 6.92 Å². The highest BCUT2D eigenvalue weighted by Gasteiger charge is 2.70. The van der Waals surface area contributed by atoms with Gasteiger partial charge in [0.05, 0.1) is 5.60 Å². The predicted octanol–water partition coefficient (Wildman–Crippen LogP) is 7.79. The average Bonchev–Trinajstić information content (AvgIpc) is 3.10. The lowest BCUT2D eigenvalue weighted by Gasteiger charge is -2.73. The van der Waals surface area contributed by atoms with E-state index in [-0.39, 0.29) is 23.9 Å². The van der Waals surface area contributed by atoms with Gasteiger partial charge < -0.3 is 9.84 Å². The molecule has 10 atom stereocenters. The highest BCUT2D eigenvalue weighted by Crippen LogP contribution is 2.78. The molecule has 0 aromatic carbocycles. The van der Waals surface area contributed by atoms with E-state index in [9.17, 15) is 9.90 Å². The lowest BCUT2D eigenvalue weighted by Crippen LogP contribution is -2.66. The maximum Gasteiger partial charge on any atom is 0.302 e. The van der Waals surface area contributed by atoms with Gasteiger partial charge in [-0.05, 0) is 128 Å². The molecule has 0 amide bonds. The maximum atomic E-state index is 11.5. The molecule has 0 spiro atoms. The van der Waals surface area contributed by atoms with Crippen LogP contribution in [0.5, 0.6) is 0 Å². The van der Waals surface area contributed by atoms with Gasteiger partial charge in [0.1, 0.15) is 6.61 Å². The number of aliphatic hydroxyl groups is 1. The number of hydrogen-bond donors (Lipinski definition) is 1. The number of carbonyl (C=O) groups excluding carboxylic acids is 1. The zero-order chi connectivity index (χ0) is 25.7. The van der Waals surface area contributed by atoms with Crippen molar-refractivity contribution in [1.29, 1.82) is 0 Å². The van der Waals surface area contributed by atoms with Gasteiger partial charge in [-0.15, -0.1) is 0 Å². The lowest BCUT2D eigenvalue weighted by atomic mass is 9.32. The Balaban J connectivity index is 1.45. The number of hydrogen-bond acceptors (Lipinski definition) is 3. The molecule has 0 heterocycles. The first-order valence-electron chi connectivity index (χ1n) is 15.0. The molecule has 1 unspecified atom stereocenters. The maximum absolute atomic E-state index is 11.5. The minimum Gasteiger partial charge on any atom is -0.463 e. The van der Waals surface area contributed by atoms with Crippen LogP contribution in [0.25, 0.3) is 0 Å². The highest BCUT2D eigenvalue weighted by molar-refractivity contribution is 5.65. The molecule has 35 heavy (non-hydrogen) atoms. The van der Waals surface area contributed by atoms with Crippen LogP contribution in [-0.4, -0.2) is 23.3 Å². The Morgan fingerprint density at radius 1 is 0.800 bits per heavy atom. The molecular weight excluding hydrogens is 432 g/mol. The van der Waals surface area contributed by atoms with E-state index in [1.807, 2.05) is 6.92 Å². The zero-order valence-corrected chi connectivity index (χ0v) is 24.1. The van der Waals surface area contributed by atoms with Crippen LogP contribution in [0, 0.1) is 56.7 Å². The zero-order valence-electron chi connectivity index (χ0n) is 24.1. The summed E-state index contributed by atoms with van der Waals surface area (Å²) in [5, 5.41) is 11.4. The molecule has 0 aromatic rings. The Bertz CT molecular complexity index is 861. The fourth-order valence-electron chi connectivity index (χ4n) is 12.4. The second kappa shape index (κ2) is 7.97. The molecule has 5 fully saturated rings. The van der Waals surface area contributed by atoms with Crippen LogP contribution in [0.15, 0.2) is 0 Å². The van der Waals surface area contributed by atoms with Gasteiger partial charge in [-0.3, -0.25) is 4.79 Å². The van der Waals surface area contributed by atoms with Gasteiger partial charge in [0.2, 0.25) is 0 Å². The van der Waals surface area contributed by atoms with Crippen LogP contribution >= 0.6 is 0 Å². The largest absolute Gasteiger partial charge is 0.463 e. The molecule has 5 aliphatic carbocycles. The van der Waals surface area contributed by atoms with Crippen molar-refractivity contribution in [2.45, 2.75) is 132 Å². The molecule has 3 heteroatoms. The molecular formula is C32H54O3. The van der Waals surface area contributed by atoms with E-state index >= 15 is 0 Å². The molecule has 0 aliphatic heterocycles. The summed E-state index contributed by atoms with van der Waals surface area (Å²) < 4.78 is 5.33. The van der Waals surface area contributed by atoms with Gasteiger partial charge in [0.15, 0.2) is 0 Å². The fraction of sp³-hybridized carbons (Fsp3) is 0.969. The normalized spacial score (nSPS) is 52.3. The molecule has 3 nitrogen and oxygen atoms in total. The van der Waals surface area contributed by atoms with Crippen molar-refractivity contribution in [2.75, 3.05) is 6.61 Å². The van der Waals surface area contributed by atoms with Gasteiger partial charge >= 0.3 is 5.97 Å². The van der Waals surface area contributed by atoms with Crippen LogP contribution < -0.4 is 0 Å². The van der Waals surface area contributed by atoms with Crippen LogP contribution in [0.3, 0.4) is 0 Å². The monoisotopic (exact) mass is 486 g/mol. The van der Waals surface area contributed by atoms with Crippen molar-refractivity contribution in [3.05, 3.63) is 0 Å². The molecule has 1 N–H and O–H groups in total. The van der Waals surface area contributed by atoms with Gasteiger partial charge in [-0.1, -0.05) is 48.0 Å². The average molecular weight is 487 g/mol. The molecule has 5 aliphatic rings. The van der Waals surface area contributed by atoms with Crippen molar-refractivity contribution in [1.82, 2.24) is 0 Å². The Labute approximate surface area is 215 Å². The van der Waals surface area contributed by atoms with E-state index in [1.165, 1.54) is 71.1 Å². The molecule has 5 rings (SSSR count). The van der Waals surface area contributed by atoms with Crippen LogP contribution in [0.2, 0.25) is 0 Å². The molecule has 200 valence electrons. The van der Waals surface area contributed by atoms with Crippen molar-refractivity contribution in [3.63, 3.8) is 0 Å². The minimum absolute atomic E-state index is 0.136. The summed E-state index contributed by atoms with van der Waals surface area (Å²) in [7, 11) is 0. The molecule has 0 saturated heterocycles. The molecule has 0 radical (unpaired) electrons. The Kier molecular flexibility index (Phi) is 5.93. The van der Waals surface area contributed by atoms with Crippen LogP contribution in [-0.2, 0) is 9.53 Å². The second-order valence-corrected chi connectivity index (χ2v) is 15.9. The molecule has 5 saturated carbocycles. The molecule has 0 aromatic heterocycles. The van der Waals surface area contributed by atoms with E-state index in [0.717, 1.165) is 24.2 Å². The van der Waals surface area contributed by atoms with E-state index in [1.54, 1.807) is 0 Å². The number of carbonyl (C=O) groups is 1. The van der Waals surface area contributed by atoms with Gasteiger partial charge in [-0.25, -0.2) is 0 Å². The van der Waals surface area contributed by atoms with Crippen molar-refractivity contribution < 1.29 is 14.6 Å². The second-order valence-electron chi connectivity index (χ2n) is 15.9. The predicted molar refractivity (Wildman–Crippen MR) is 142 cm³/mol. The summed E-state index contributed by atoms with van der Waals surface area (Å²) in [4.78, 5) is 11.5. The fourth-order valence-corrected chi connectivity index (χ4v) is 12.4. The summed E-state index contributed by atoms with van der Waals surface area (Å²) in [5.41, 5.74) is 1.14. The van der Waals surface area contributed by atoms with Gasteiger partial charge in [-0.2, -0.15) is 0 Å². The van der Waals surface area contributed by atoms with Crippen molar-refractivity contribution >= 4 is 5.97 Å². The third-order valence-electron chi connectivity index (χ3n) is 14.1.